The largest absolute Gasteiger partial charge is 0.376 e. The Morgan fingerprint density at radius 2 is 1.80 bits per heavy atom. The fourth-order valence-corrected chi connectivity index (χ4v) is 5.57. The number of rotatable bonds is 7. The van der Waals surface area contributed by atoms with E-state index in [1.54, 1.807) is 0 Å². The highest BCUT2D eigenvalue weighted by Crippen LogP contribution is 2.27. The molecule has 2 aliphatic rings. The van der Waals surface area contributed by atoms with Crippen LogP contribution in [0.1, 0.15) is 38.5 Å². The molecule has 2 saturated heterocycles. The van der Waals surface area contributed by atoms with Crippen LogP contribution < -0.4 is 10.6 Å². The lowest BCUT2D eigenvalue weighted by Gasteiger charge is -2.34. The molecule has 0 spiro atoms. The molecule has 2 aliphatic heterocycles. The lowest BCUT2D eigenvalue weighted by atomic mass is 10.0. The number of hydrogen-bond acceptors (Lipinski definition) is 5. The van der Waals surface area contributed by atoms with Gasteiger partial charge < -0.3 is 15.4 Å². The Morgan fingerprint density at radius 1 is 1.07 bits per heavy atom. The molecule has 1 aromatic rings. The second kappa shape index (κ2) is 10.3. The second-order valence-corrected chi connectivity index (χ2v) is 9.50. The molecule has 0 unspecified atom stereocenters. The van der Waals surface area contributed by atoms with Gasteiger partial charge in [-0.3, -0.25) is 9.59 Å². The number of sulfonamides is 1. The topological polar surface area (TPSA) is 105 Å². The third-order valence-electron chi connectivity index (χ3n) is 5.48. The van der Waals surface area contributed by atoms with E-state index in [1.807, 2.05) is 0 Å². The smallest absolute Gasteiger partial charge is 0.309 e. The molecule has 2 heterocycles. The summed E-state index contributed by atoms with van der Waals surface area (Å²) in [5.41, 5.74) is 0. The van der Waals surface area contributed by atoms with Crippen LogP contribution in [0.4, 0.5) is 4.39 Å². The first-order chi connectivity index (χ1) is 14.4. The zero-order valence-electron chi connectivity index (χ0n) is 16.8. The third kappa shape index (κ3) is 5.77. The Labute approximate surface area is 176 Å². The van der Waals surface area contributed by atoms with Crippen molar-refractivity contribution in [3.8, 4) is 0 Å². The highest BCUT2D eigenvalue weighted by molar-refractivity contribution is 7.89. The van der Waals surface area contributed by atoms with Gasteiger partial charge in [-0.2, -0.15) is 4.31 Å². The van der Waals surface area contributed by atoms with E-state index in [0.717, 1.165) is 37.8 Å². The van der Waals surface area contributed by atoms with Crippen LogP contribution >= 0.6 is 0 Å². The summed E-state index contributed by atoms with van der Waals surface area (Å²) >= 11 is 0. The predicted octanol–water partition coefficient (Wildman–Crippen LogP) is 1.17. The van der Waals surface area contributed by atoms with Crippen LogP contribution in [-0.4, -0.2) is 62.9 Å². The quantitative estimate of drug-likeness (QED) is 0.618. The van der Waals surface area contributed by atoms with Gasteiger partial charge in [0, 0.05) is 32.3 Å². The van der Waals surface area contributed by atoms with Gasteiger partial charge in [0.15, 0.2) is 0 Å². The third-order valence-corrected chi connectivity index (χ3v) is 7.44. The number of nitrogens with one attached hydrogen (secondary N) is 2. The minimum Gasteiger partial charge on any atom is -0.376 e. The molecule has 30 heavy (non-hydrogen) atoms. The molecule has 166 valence electrons. The molecule has 3 rings (SSSR count). The molecule has 2 atom stereocenters. The van der Waals surface area contributed by atoms with Crippen molar-refractivity contribution in [3.05, 3.63) is 30.1 Å². The molecular formula is C20H28FN3O5S. The van der Waals surface area contributed by atoms with Crippen molar-refractivity contribution in [3.63, 3.8) is 0 Å². The van der Waals surface area contributed by atoms with Gasteiger partial charge in [0.25, 0.3) is 0 Å². The SMILES string of the molecule is O=C(NCC[C@H]1CCCCN1S(=O)(=O)c1ccc(F)cc1)C(=O)NC[C@@H]1CCCO1. The van der Waals surface area contributed by atoms with Gasteiger partial charge in [0.05, 0.1) is 11.0 Å². The lowest BCUT2D eigenvalue weighted by molar-refractivity contribution is -0.139. The van der Waals surface area contributed by atoms with Gasteiger partial charge in [-0.15, -0.1) is 0 Å². The molecule has 1 aromatic carbocycles. The molecule has 2 amide bonds. The van der Waals surface area contributed by atoms with Crippen LogP contribution in [0, 0.1) is 5.82 Å². The molecule has 8 nitrogen and oxygen atoms in total. The maximum Gasteiger partial charge on any atom is 0.309 e. The summed E-state index contributed by atoms with van der Waals surface area (Å²) < 4.78 is 45.9. The van der Waals surface area contributed by atoms with E-state index in [0.29, 0.717) is 32.5 Å². The van der Waals surface area contributed by atoms with Gasteiger partial charge in [0.2, 0.25) is 10.0 Å². The number of hydrogen-bond donors (Lipinski definition) is 2. The van der Waals surface area contributed by atoms with Crippen molar-refractivity contribution in [1.82, 2.24) is 14.9 Å². The Bertz CT molecular complexity index is 841. The van der Waals surface area contributed by atoms with Crippen LogP contribution in [-0.2, 0) is 24.3 Å². The van der Waals surface area contributed by atoms with E-state index < -0.39 is 27.7 Å². The van der Waals surface area contributed by atoms with E-state index in [1.165, 1.54) is 16.4 Å². The van der Waals surface area contributed by atoms with Crippen LogP contribution in [0.3, 0.4) is 0 Å². The molecule has 10 heteroatoms. The van der Waals surface area contributed by atoms with E-state index in [9.17, 15) is 22.4 Å². The van der Waals surface area contributed by atoms with E-state index in [2.05, 4.69) is 10.6 Å². The van der Waals surface area contributed by atoms with Crippen LogP contribution in [0.25, 0.3) is 0 Å². The molecule has 0 radical (unpaired) electrons. The number of ether oxygens (including phenoxy) is 1. The first-order valence-corrected chi connectivity index (χ1v) is 11.8. The van der Waals surface area contributed by atoms with Gasteiger partial charge in [-0.25, -0.2) is 12.8 Å². The van der Waals surface area contributed by atoms with Crippen LogP contribution in [0.15, 0.2) is 29.2 Å². The number of halogens is 1. The molecular weight excluding hydrogens is 413 g/mol. The molecule has 0 saturated carbocycles. The molecule has 0 aromatic heterocycles. The normalized spacial score (nSPS) is 22.6. The van der Waals surface area contributed by atoms with Crippen LogP contribution in [0.5, 0.6) is 0 Å². The maximum absolute atomic E-state index is 13.2. The highest BCUT2D eigenvalue weighted by Gasteiger charge is 2.33. The number of amides is 2. The molecule has 2 fully saturated rings. The average Bonchev–Trinajstić information content (AvgIpc) is 3.26. The fourth-order valence-electron chi connectivity index (χ4n) is 3.85. The van der Waals surface area contributed by atoms with E-state index in [4.69, 9.17) is 4.74 Å². The van der Waals surface area contributed by atoms with Crippen molar-refractivity contribution in [2.75, 3.05) is 26.2 Å². The second-order valence-electron chi connectivity index (χ2n) is 7.61. The maximum atomic E-state index is 13.2. The molecule has 0 aliphatic carbocycles. The first-order valence-electron chi connectivity index (χ1n) is 10.3. The number of nitrogens with zero attached hydrogens (tertiary/aromatic N) is 1. The number of carbonyl (C=O) groups excluding carboxylic acids is 2. The average molecular weight is 442 g/mol. The molecule has 0 bridgehead atoms. The summed E-state index contributed by atoms with van der Waals surface area (Å²) in [6.07, 6.45) is 4.46. The minimum atomic E-state index is -3.75. The monoisotopic (exact) mass is 441 g/mol. The minimum absolute atomic E-state index is 0.0470. The predicted molar refractivity (Wildman–Crippen MR) is 108 cm³/mol. The van der Waals surface area contributed by atoms with Crippen LogP contribution in [0.2, 0.25) is 0 Å². The molecule has 2 N–H and O–H groups in total. The van der Waals surface area contributed by atoms with Gasteiger partial charge >= 0.3 is 11.8 Å². The van der Waals surface area contributed by atoms with Crippen molar-refractivity contribution in [2.45, 2.75) is 55.6 Å². The summed E-state index contributed by atoms with van der Waals surface area (Å²) in [5, 5.41) is 5.12. The van der Waals surface area contributed by atoms with E-state index in [-0.39, 0.29) is 23.6 Å². The van der Waals surface area contributed by atoms with Crippen molar-refractivity contribution < 1.29 is 27.1 Å². The highest BCUT2D eigenvalue weighted by atomic mass is 32.2. The Hall–Kier alpha value is -2.04. The lowest BCUT2D eigenvalue weighted by Crippen LogP contribution is -2.47. The zero-order chi connectivity index (χ0) is 21.6. The van der Waals surface area contributed by atoms with Gasteiger partial charge in [0.1, 0.15) is 5.82 Å². The van der Waals surface area contributed by atoms with E-state index >= 15 is 0 Å². The summed E-state index contributed by atoms with van der Waals surface area (Å²) in [5.74, 6) is -1.95. The number of carbonyl (C=O) groups is 2. The summed E-state index contributed by atoms with van der Waals surface area (Å²) in [6, 6.07) is 4.49. The first kappa shape index (κ1) is 22.6. The van der Waals surface area contributed by atoms with Gasteiger partial charge in [-0.05, 0) is 56.4 Å². The summed E-state index contributed by atoms with van der Waals surface area (Å²) in [7, 11) is -3.75. The Kier molecular flexibility index (Phi) is 7.79. The summed E-state index contributed by atoms with van der Waals surface area (Å²) in [6.45, 7) is 1.54. The number of benzene rings is 1. The standard InChI is InChI=1S/C20H28FN3O5S/c21-15-6-8-18(9-7-15)30(27,28)24-12-2-1-4-16(24)10-11-22-19(25)20(26)23-14-17-5-3-13-29-17/h6-9,16-17H,1-5,10-14H2,(H,22,25)(H,23,26)/t16-,17+/m1/s1. The Balaban J connectivity index is 1.51. The fraction of sp³-hybridized carbons (Fsp3) is 0.600. The zero-order valence-corrected chi connectivity index (χ0v) is 17.6. The van der Waals surface area contributed by atoms with Crippen molar-refractivity contribution in [2.24, 2.45) is 0 Å². The Morgan fingerprint density at radius 3 is 2.50 bits per heavy atom. The number of piperidine rings is 1. The van der Waals surface area contributed by atoms with Gasteiger partial charge in [-0.1, -0.05) is 6.42 Å². The van der Waals surface area contributed by atoms with Crippen molar-refractivity contribution >= 4 is 21.8 Å². The van der Waals surface area contributed by atoms with Crippen molar-refractivity contribution in [1.29, 1.82) is 0 Å². The summed E-state index contributed by atoms with van der Waals surface area (Å²) in [4.78, 5) is 23.9.